The summed E-state index contributed by atoms with van der Waals surface area (Å²) < 4.78 is 5.66. The first-order chi connectivity index (χ1) is 9.60. The molecular formula is C15H21N3O2. The molecular weight excluding hydrogens is 254 g/mol. The molecule has 20 heavy (non-hydrogen) atoms. The quantitative estimate of drug-likeness (QED) is 0.859. The van der Waals surface area contributed by atoms with Gasteiger partial charge in [0.2, 0.25) is 5.91 Å². The van der Waals surface area contributed by atoms with E-state index in [1.54, 1.807) is 7.05 Å². The van der Waals surface area contributed by atoms with Gasteiger partial charge in [-0.25, -0.2) is 0 Å². The fourth-order valence-electron chi connectivity index (χ4n) is 2.98. The summed E-state index contributed by atoms with van der Waals surface area (Å²) in [4.78, 5) is 14.2. The van der Waals surface area contributed by atoms with E-state index in [-0.39, 0.29) is 18.1 Å². The average molecular weight is 275 g/mol. The van der Waals surface area contributed by atoms with Crippen molar-refractivity contribution in [2.45, 2.75) is 32.0 Å². The minimum Gasteiger partial charge on any atom is -0.375 e. The zero-order valence-electron chi connectivity index (χ0n) is 12.1. The smallest absolute Gasteiger partial charge is 0.246 e. The molecule has 1 aromatic rings. The van der Waals surface area contributed by atoms with Crippen LogP contribution in [0.2, 0.25) is 0 Å². The summed E-state index contributed by atoms with van der Waals surface area (Å²) in [5.41, 5.74) is 3.08. The Hall–Kier alpha value is -1.59. The Balaban J connectivity index is 1.90. The number of benzene rings is 1. The molecule has 5 nitrogen and oxygen atoms in total. The SMILES string of the molecule is CNC1C(=O)Nc2cc(N3CC(C)OCC3C)ccc21. The van der Waals surface area contributed by atoms with Crippen molar-refractivity contribution in [3.8, 4) is 0 Å². The molecule has 2 aliphatic rings. The minimum atomic E-state index is -0.236. The van der Waals surface area contributed by atoms with Gasteiger partial charge in [-0.2, -0.15) is 0 Å². The van der Waals surface area contributed by atoms with Crippen LogP contribution in [0.5, 0.6) is 0 Å². The summed E-state index contributed by atoms with van der Waals surface area (Å²) >= 11 is 0. The number of nitrogens with zero attached hydrogens (tertiary/aromatic N) is 1. The molecule has 1 aromatic carbocycles. The fraction of sp³-hybridized carbons (Fsp3) is 0.533. The molecule has 1 fully saturated rings. The molecule has 2 aliphatic heterocycles. The van der Waals surface area contributed by atoms with Crippen molar-refractivity contribution in [2.24, 2.45) is 0 Å². The molecule has 0 aromatic heterocycles. The highest BCUT2D eigenvalue weighted by molar-refractivity contribution is 6.03. The Morgan fingerprint density at radius 2 is 2.20 bits per heavy atom. The van der Waals surface area contributed by atoms with E-state index in [1.165, 1.54) is 0 Å². The molecule has 3 unspecified atom stereocenters. The molecule has 1 saturated heterocycles. The van der Waals surface area contributed by atoms with Gasteiger partial charge in [-0.3, -0.25) is 4.79 Å². The van der Waals surface area contributed by atoms with E-state index in [4.69, 9.17) is 4.74 Å². The molecule has 2 heterocycles. The van der Waals surface area contributed by atoms with Gasteiger partial charge in [0.25, 0.3) is 0 Å². The number of anilines is 2. The fourth-order valence-corrected chi connectivity index (χ4v) is 2.98. The molecule has 3 rings (SSSR count). The molecule has 0 bridgehead atoms. The maximum absolute atomic E-state index is 11.9. The number of fused-ring (bicyclic) bond motifs is 1. The number of amides is 1. The Kier molecular flexibility index (Phi) is 3.40. The number of hydrogen-bond donors (Lipinski definition) is 2. The Morgan fingerprint density at radius 1 is 1.40 bits per heavy atom. The van der Waals surface area contributed by atoms with Crippen molar-refractivity contribution in [1.29, 1.82) is 0 Å². The molecule has 0 spiro atoms. The van der Waals surface area contributed by atoms with Crippen LogP contribution in [0, 0.1) is 0 Å². The minimum absolute atomic E-state index is 0.0167. The van der Waals surface area contributed by atoms with Gasteiger partial charge in [-0.1, -0.05) is 6.07 Å². The van der Waals surface area contributed by atoms with Crippen LogP contribution in [0.1, 0.15) is 25.5 Å². The normalized spacial score (nSPS) is 29.2. The highest BCUT2D eigenvalue weighted by atomic mass is 16.5. The van der Waals surface area contributed by atoms with Crippen LogP contribution in [0.25, 0.3) is 0 Å². The molecule has 0 aliphatic carbocycles. The predicted octanol–water partition coefficient (Wildman–Crippen LogP) is 1.51. The summed E-state index contributed by atoms with van der Waals surface area (Å²) in [5, 5.41) is 5.98. The first kappa shape index (κ1) is 13.4. The summed E-state index contributed by atoms with van der Waals surface area (Å²) in [6.45, 7) is 5.87. The number of nitrogens with one attached hydrogen (secondary N) is 2. The van der Waals surface area contributed by atoms with E-state index in [2.05, 4.69) is 41.5 Å². The standard InChI is InChI=1S/C15H21N3O2/c1-9-8-20-10(2)7-18(9)11-4-5-12-13(6-11)17-15(19)14(12)16-3/h4-6,9-10,14,16H,7-8H2,1-3H3,(H,17,19). The van der Waals surface area contributed by atoms with Crippen LogP contribution < -0.4 is 15.5 Å². The van der Waals surface area contributed by atoms with Crippen LogP contribution >= 0.6 is 0 Å². The summed E-state index contributed by atoms with van der Waals surface area (Å²) in [6.07, 6.45) is 0.235. The van der Waals surface area contributed by atoms with Gasteiger partial charge < -0.3 is 20.3 Å². The van der Waals surface area contributed by atoms with Crippen molar-refractivity contribution < 1.29 is 9.53 Å². The summed E-state index contributed by atoms with van der Waals surface area (Å²) in [6, 6.07) is 6.31. The number of rotatable bonds is 2. The molecule has 2 N–H and O–H groups in total. The molecule has 0 radical (unpaired) electrons. The maximum Gasteiger partial charge on any atom is 0.246 e. The molecule has 1 amide bonds. The first-order valence-corrected chi connectivity index (χ1v) is 7.10. The van der Waals surface area contributed by atoms with Crippen LogP contribution in [0.15, 0.2) is 18.2 Å². The van der Waals surface area contributed by atoms with E-state index < -0.39 is 0 Å². The van der Waals surface area contributed by atoms with Gasteiger partial charge in [-0.15, -0.1) is 0 Å². The average Bonchev–Trinajstić information content (AvgIpc) is 2.75. The molecule has 0 saturated carbocycles. The lowest BCUT2D eigenvalue weighted by atomic mass is 10.1. The zero-order chi connectivity index (χ0) is 14.3. The second-order valence-electron chi connectivity index (χ2n) is 5.63. The highest BCUT2D eigenvalue weighted by Gasteiger charge is 2.30. The molecule has 108 valence electrons. The van der Waals surface area contributed by atoms with Crippen molar-refractivity contribution in [1.82, 2.24) is 5.32 Å². The largest absolute Gasteiger partial charge is 0.375 e. The van der Waals surface area contributed by atoms with Crippen molar-refractivity contribution in [3.63, 3.8) is 0 Å². The van der Waals surface area contributed by atoms with Crippen molar-refractivity contribution in [2.75, 3.05) is 30.4 Å². The number of carbonyl (C=O) groups is 1. The summed E-state index contributed by atoms with van der Waals surface area (Å²) in [7, 11) is 1.80. The third kappa shape index (κ3) is 2.17. The van der Waals surface area contributed by atoms with E-state index in [9.17, 15) is 4.79 Å². The predicted molar refractivity (Wildman–Crippen MR) is 79.1 cm³/mol. The molecule has 5 heteroatoms. The number of ether oxygens (including phenoxy) is 1. The Bertz CT molecular complexity index is 532. The zero-order valence-corrected chi connectivity index (χ0v) is 12.1. The van der Waals surface area contributed by atoms with Crippen LogP contribution in [0.3, 0.4) is 0 Å². The number of carbonyl (C=O) groups excluding carboxylic acids is 1. The van der Waals surface area contributed by atoms with Gasteiger partial charge in [0, 0.05) is 29.5 Å². The Labute approximate surface area is 119 Å². The number of hydrogen-bond acceptors (Lipinski definition) is 4. The second kappa shape index (κ2) is 5.07. The molecule has 3 atom stereocenters. The Morgan fingerprint density at radius 3 is 2.95 bits per heavy atom. The van der Waals surface area contributed by atoms with Crippen LogP contribution in [-0.4, -0.2) is 38.3 Å². The lowest BCUT2D eigenvalue weighted by molar-refractivity contribution is -0.117. The van der Waals surface area contributed by atoms with Crippen molar-refractivity contribution in [3.05, 3.63) is 23.8 Å². The van der Waals surface area contributed by atoms with Gasteiger partial charge in [-0.05, 0) is 33.0 Å². The number of likely N-dealkylation sites (N-methyl/N-ethyl adjacent to an activating group) is 1. The third-order valence-electron chi connectivity index (χ3n) is 4.10. The topological polar surface area (TPSA) is 53.6 Å². The van der Waals surface area contributed by atoms with Gasteiger partial charge in [0.1, 0.15) is 6.04 Å². The highest BCUT2D eigenvalue weighted by Crippen LogP contribution is 2.34. The van der Waals surface area contributed by atoms with E-state index in [0.29, 0.717) is 6.04 Å². The van der Waals surface area contributed by atoms with Gasteiger partial charge in [0.15, 0.2) is 0 Å². The number of morpholine rings is 1. The van der Waals surface area contributed by atoms with Crippen LogP contribution in [-0.2, 0) is 9.53 Å². The maximum atomic E-state index is 11.9. The van der Waals surface area contributed by atoms with Gasteiger partial charge >= 0.3 is 0 Å². The summed E-state index contributed by atoms with van der Waals surface area (Å²) in [5.74, 6) is 0.0167. The monoisotopic (exact) mass is 275 g/mol. The first-order valence-electron chi connectivity index (χ1n) is 7.10. The lowest BCUT2D eigenvalue weighted by Gasteiger charge is -2.38. The third-order valence-corrected chi connectivity index (χ3v) is 4.10. The van der Waals surface area contributed by atoms with Crippen LogP contribution in [0.4, 0.5) is 11.4 Å². The van der Waals surface area contributed by atoms with E-state index >= 15 is 0 Å². The van der Waals surface area contributed by atoms with Crippen molar-refractivity contribution >= 4 is 17.3 Å². The van der Waals surface area contributed by atoms with Gasteiger partial charge in [0.05, 0.1) is 12.7 Å². The van der Waals surface area contributed by atoms with E-state index in [0.717, 1.165) is 30.1 Å². The van der Waals surface area contributed by atoms with E-state index in [1.807, 2.05) is 6.07 Å². The lowest BCUT2D eigenvalue weighted by Crippen LogP contribution is -2.47. The second-order valence-corrected chi connectivity index (χ2v) is 5.63.